The van der Waals surface area contributed by atoms with Gasteiger partial charge in [0.05, 0.1) is 6.54 Å². The zero-order valence-electron chi connectivity index (χ0n) is 12.3. The molecule has 1 unspecified atom stereocenters. The predicted octanol–water partition coefficient (Wildman–Crippen LogP) is 0.952. The average molecular weight is 292 g/mol. The van der Waals surface area contributed by atoms with Crippen molar-refractivity contribution < 1.29 is 14.0 Å². The van der Waals surface area contributed by atoms with E-state index in [4.69, 9.17) is 14.0 Å². The van der Waals surface area contributed by atoms with Crippen molar-refractivity contribution in [2.45, 2.75) is 26.1 Å². The number of aliphatic hydroxyl groups excluding tert-OH is 1. The highest BCUT2D eigenvalue weighted by molar-refractivity contribution is 5.07. The number of hydrogen-bond donors (Lipinski definition) is 1. The molecule has 1 aliphatic rings. The Morgan fingerprint density at radius 1 is 1.33 bits per heavy atom. The number of aryl methyl sites for hydroxylation is 1. The second-order valence-electron chi connectivity index (χ2n) is 5.44. The smallest absolute Gasteiger partial charge is 0.245 e. The maximum Gasteiger partial charge on any atom is 0.245 e. The Hall–Kier alpha value is -1.70. The van der Waals surface area contributed by atoms with Gasteiger partial charge in [-0.15, -0.1) is 0 Å². The van der Waals surface area contributed by atoms with Crippen molar-refractivity contribution in [1.29, 1.82) is 0 Å². The van der Waals surface area contributed by atoms with Crippen LogP contribution in [0.2, 0.25) is 0 Å². The van der Waals surface area contributed by atoms with Crippen molar-refractivity contribution in [2.24, 2.45) is 0 Å². The van der Waals surface area contributed by atoms with E-state index >= 15 is 0 Å². The topological polar surface area (TPSA) is 78.8 Å². The minimum Gasteiger partial charge on any atom is -0.462 e. The maximum atomic E-state index is 9.04. The summed E-state index contributed by atoms with van der Waals surface area (Å²) in [5.74, 6) is 2.79. The van der Waals surface area contributed by atoms with E-state index in [1.807, 2.05) is 19.1 Å². The molecule has 0 radical (unpaired) electrons. The van der Waals surface area contributed by atoms with Gasteiger partial charge >= 0.3 is 0 Å². The molecule has 2 aromatic rings. The Labute approximate surface area is 123 Å². The third kappa shape index (κ3) is 3.15. The minimum atomic E-state index is -0.0629. The Morgan fingerprint density at radius 2 is 2.14 bits per heavy atom. The van der Waals surface area contributed by atoms with E-state index in [-0.39, 0.29) is 12.6 Å². The van der Waals surface area contributed by atoms with Gasteiger partial charge in [-0.3, -0.25) is 9.80 Å². The van der Waals surface area contributed by atoms with E-state index in [2.05, 4.69) is 27.0 Å². The molecular weight excluding hydrogens is 272 g/mol. The van der Waals surface area contributed by atoms with Gasteiger partial charge in [0.1, 0.15) is 24.2 Å². The molecule has 1 N–H and O–H groups in total. The van der Waals surface area contributed by atoms with Crippen molar-refractivity contribution in [3.05, 3.63) is 35.4 Å². The number of aliphatic hydroxyl groups is 1. The Morgan fingerprint density at radius 3 is 2.81 bits per heavy atom. The summed E-state index contributed by atoms with van der Waals surface area (Å²) in [6.45, 7) is 5.18. The number of piperazine rings is 1. The van der Waals surface area contributed by atoms with E-state index in [0.717, 1.165) is 31.9 Å². The molecule has 0 saturated carbocycles. The summed E-state index contributed by atoms with van der Waals surface area (Å²) in [4.78, 5) is 8.86. The third-order valence-electron chi connectivity index (χ3n) is 3.81. The van der Waals surface area contributed by atoms with Crippen LogP contribution in [0.4, 0.5) is 0 Å². The molecule has 7 nitrogen and oxygen atoms in total. The zero-order valence-corrected chi connectivity index (χ0v) is 12.3. The molecular formula is C14H20N4O3. The first-order chi connectivity index (χ1) is 10.2. The number of nitrogens with zero attached hydrogens (tertiary/aromatic N) is 4. The first kappa shape index (κ1) is 14.2. The highest BCUT2D eigenvalue weighted by atomic mass is 16.5. The second kappa shape index (κ2) is 5.97. The molecule has 0 bridgehead atoms. The van der Waals surface area contributed by atoms with Crippen molar-refractivity contribution in [1.82, 2.24) is 19.9 Å². The SMILES string of the molecule is Cc1noc(C2CN(Cc3ccc(CO)o3)CCN2C)n1. The highest BCUT2D eigenvalue weighted by Gasteiger charge is 2.30. The summed E-state index contributed by atoms with van der Waals surface area (Å²) in [7, 11) is 2.07. The third-order valence-corrected chi connectivity index (χ3v) is 3.81. The molecule has 7 heteroatoms. The van der Waals surface area contributed by atoms with E-state index in [1.54, 1.807) is 0 Å². The minimum absolute atomic E-state index is 0.0629. The summed E-state index contributed by atoms with van der Waals surface area (Å²) in [5.41, 5.74) is 0. The number of rotatable bonds is 4. The molecule has 0 aliphatic carbocycles. The van der Waals surface area contributed by atoms with Crippen LogP contribution in [0.15, 0.2) is 21.1 Å². The molecule has 3 rings (SSSR count). The Bertz CT molecular complexity index is 595. The summed E-state index contributed by atoms with van der Waals surface area (Å²) in [6.07, 6.45) is 0. The number of likely N-dealkylation sites (N-methyl/N-ethyl adjacent to an activating group) is 1. The van der Waals surface area contributed by atoms with Gasteiger partial charge in [-0.25, -0.2) is 0 Å². The average Bonchev–Trinajstić information content (AvgIpc) is 3.10. The van der Waals surface area contributed by atoms with Crippen LogP contribution in [0.25, 0.3) is 0 Å². The summed E-state index contributed by atoms with van der Waals surface area (Å²) in [5, 5.41) is 12.9. The zero-order chi connectivity index (χ0) is 14.8. The first-order valence-corrected chi connectivity index (χ1v) is 7.07. The molecule has 1 atom stereocenters. The van der Waals surface area contributed by atoms with Gasteiger partial charge in [0, 0.05) is 19.6 Å². The van der Waals surface area contributed by atoms with E-state index in [0.29, 0.717) is 17.5 Å². The predicted molar refractivity (Wildman–Crippen MR) is 74.3 cm³/mol. The van der Waals surface area contributed by atoms with Crippen molar-refractivity contribution in [2.75, 3.05) is 26.7 Å². The summed E-state index contributed by atoms with van der Waals surface area (Å²) >= 11 is 0. The lowest BCUT2D eigenvalue weighted by atomic mass is 10.1. The molecule has 2 aromatic heterocycles. The standard InChI is InChI=1S/C14H20N4O3/c1-10-15-14(21-16-10)13-8-18(6-5-17(13)2)7-11-3-4-12(9-19)20-11/h3-4,13,19H,5-9H2,1-2H3. The summed E-state index contributed by atoms with van der Waals surface area (Å²) in [6, 6.07) is 3.83. The van der Waals surface area contributed by atoms with Crippen LogP contribution in [-0.2, 0) is 13.2 Å². The van der Waals surface area contributed by atoms with Crippen LogP contribution in [0.1, 0.15) is 29.3 Å². The van der Waals surface area contributed by atoms with Crippen LogP contribution >= 0.6 is 0 Å². The van der Waals surface area contributed by atoms with Gasteiger partial charge in [-0.2, -0.15) is 4.98 Å². The van der Waals surface area contributed by atoms with Crippen LogP contribution in [0.3, 0.4) is 0 Å². The Balaban J connectivity index is 1.67. The van der Waals surface area contributed by atoms with E-state index in [9.17, 15) is 0 Å². The van der Waals surface area contributed by atoms with Crippen LogP contribution in [0.5, 0.6) is 0 Å². The molecule has 3 heterocycles. The van der Waals surface area contributed by atoms with Crippen LogP contribution in [0, 0.1) is 6.92 Å². The van der Waals surface area contributed by atoms with Crippen molar-refractivity contribution in [3.63, 3.8) is 0 Å². The van der Waals surface area contributed by atoms with Crippen molar-refractivity contribution in [3.8, 4) is 0 Å². The molecule has 0 amide bonds. The summed E-state index contributed by atoms with van der Waals surface area (Å²) < 4.78 is 10.9. The lowest BCUT2D eigenvalue weighted by Crippen LogP contribution is -2.46. The van der Waals surface area contributed by atoms with Gasteiger partial charge in [0.15, 0.2) is 5.82 Å². The van der Waals surface area contributed by atoms with Gasteiger partial charge in [-0.05, 0) is 26.1 Å². The fourth-order valence-corrected chi connectivity index (χ4v) is 2.60. The molecule has 114 valence electrons. The normalized spacial score (nSPS) is 21.0. The highest BCUT2D eigenvalue weighted by Crippen LogP contribution is 2.24. The molecule has 1 aliphatic heterocycles. The van der Waals surface area contributed by atoms with Crippen LogP contribution < -0.4 is 0 Å². The lowest BCUT2D eigenvalue weighted by molar-refractivity contribution is 0.0668. The number of furan rings is 1. The number of hydrogen-bond acceptors (Lipinski definition) is 7. The maximum absolute atomic E-state index is 9.04. The fourth-order valence-electron chi connectivity index (χ4n) is 2.60. The molecule has 21 heavy (non-hydrogen) atoms. The van der Waals surface area contributed by atoms with E-state index < -0.39 is 0 Å². The van der Waals surface area contributed by atoms with E-state index in [1.165, 1.54) is 0 Å². The lowest BCUT2D eigenvalue weighted by Gasteiger charge is -2.37. The van der Waals surface area contributed by atoms with Gasteiger partial charge < -0.3 is 14.0 Å². The second-order valence-corrected chi connectivity index (χ2v) is 5.44. The van der Waals surface area contributed by atoms with Gasteiger partial charge in [0.25, 0.3) is 0 Å². The van der Waals surface area contributed by atoms with Gasteiger partial charge in [0.2, 0.25) is 5.89 Å². The molecule has 1 fully saturated rings. The van der Waals surface area contributed by atoms with Crippen LogP contribution in [-0.4, -0.2) is 51.7 Å². The Kier molecular flexibility index (Phi) is 4.05. The first-order valence-electron chi connectivity index (χ1n) is 7.07. The monoisotopic (exact) mass is 292 g/mol. The molecule has 0 spiro atoms. The molecule has 0 aromatic carbocycles. The quantitative estimate of drug-likeness (QED) is 0.898. The fraction of sp³-hybridized carbons (Fsp3) is 0.571. The molecule has 1 saturated heterocycles. The van der Waals surface area contributed by atoms with Crippen molar-refractivity contribution >= 4 is 0 Å². The largest absolute Gasteiger partial charge is 0.462 e. The number of aromatic nitrogens is 2. The van der Waals surface area contributed by atoms with Gasteiger partial charge in [-0.1, -0.05) is 5.16 Å².